The third kappa shape index (κ3) is 2.79. The lowest BCUT2D eigenvalue weighted by Crippen LogP contribution is -2.57. The molecule has 0 spiro atoms. The molecule has 1 aromatic heterocycles. The third-order valence-electron chi connectivity index (χ3n) is 4.35. The first-order chi connectivity index (χ1) is 10.1. The van der Waals surface area contributed by atoms with Gasteiger partial charge in [0.2, 0.25) is 0 Å². The van der Waals surface area contributed by atoms with Gasteiger partial charge in [0.25, 0.3) is 0 Å². The van der Waals surface area contributed by atoms with Crippen molar-refractivity contribution in [3.63, 3.8) is 0 Å². The van der Waals surface area contributed by atoms with Crippen LogP contribution in [0.15, 0.2) is 42.5 Å². The average molecular weight is 281 g/mol. The van der Waals surface area contributed by atoms with E-state index >= 15 is 0 Å². The van der Waals surface area contributed by atoms with Crippen LogP contribution in [-0.4, -0.2) is 24.6 Å². The smallest absolute Gasteiger partial charge is 0.0609 e. The second kappa shape index (κ2) is 5.49. The van der Waals surface area contributed by atoms with E-state index in [-0.39, 0.29) is 5.54 Å². The second-order valence-electron chi connectivity index (χ2n) is 6.10. The fourth-order valence-corrected chi connectivity index (χ4v) is 3.20. The van der Waals surface area contributed by atoms with Crippen molar-refractivity contribution >= 4 is 5.69 Å². The monoisotopic (exact) mass is 281 g/mol. The predicted octanol–water partition coefficient (Wildman–Crippen LogP) is 3.02. The summed E-state index contributed by atoms with van der Waals surface area (Å²) in [6.07, 6.45) is 0. The van der Waals surface area contributed by atoms with Crippen molar-refractivity contribution in [3.05, 3.63) is 59.4 Å². The summed E-state index contributed by atoms with van der Waals surface area (Å²) < 4.78 is 0. The molecule has 1 aliphatic rings. The highest BCUT2D eigenvalue weighted by Crippen LogP contribution is 2.28. The van der Waals surface area contributed by atoms with Gasteiger partial charge in [0, 0.05) is 25.3 Å². The van der Waals surface area contributed by atoms with Crippen molar-refractivity contribution < 1.29 is 0 Å². The molecule has 1 aliphatic heterocycles. The minimum atomic E-state index is -0.0170. The molecule has 0 aliphatic carbocycles. The zero-order valence-electron chi connectivity index (χ0n) is 13.1. The van der Waals surface area contributed by atoms with Crippen LogP contribution in [0.1, 0.15) is 23.9 Å². The van der Waals surface area contributed by atoms with Gasteiger partial charge in [0.05, 0.1) is 16.9 Å². The van der Waals surface area contributed by atoms with Gasteiger partial charge in [-0.15, -0.1) is 0 Å². The molecule has 2 heterocycles. The Balaban J connectivity index is 1.89. The molecule has 3 nitrogen and oxygen atoms in total. The van der Waals surface area contributed by atoms with Gasteiger partial charge in [0.15, 0.2) is 0 Å². The minimum Gasteiger partial charge on any atom is -0.367 e. The normalized spacial score (nSPS) is 22.3. The lowest BCUT2D eigenvalue weighted by Gasteiger charge is -2.43. The van der Waals surface area contributed by atoms with Crippen LogP contribution in [0.2, 0.25) is 0 Å². The van der Waals surface area contributed by atoms with E-state index in [0.717, 1.165) is 31.0 Å². The van der Waals surface area contributed by atoms with Gasteiger partial charge < -0.3 is 10.2 Å². The van der Waals surface area contributed by atoms with E-state index in [9.17, 15) is 0 Å². The van der Waals surface area contributed by atoms with E-state index in [2.05, 4.69) is 71.5 Å². The van der Waals surface area contributed by atoms with E-state index in [4.69, 9.17) is 0 Å². The number of pyridine rings is 1. The number of aryl methyl sites for hydroxylation is 2. The Kier molecular flexibility index (Phi) is 3.68. The molecule has 1 fully saturated rings. The summed E-state index contributed by atoms with van der Waals surface area (Å²) in [5.74, 6) is 0. The molecule has 0 bridgehead atoms. The standard InChI is InChI=1S/C18H23N3/c1-14-9-10-17(15(2)20-14)21-12-11-19-18(3,13-21)16-7-5-4-6-8-16/h4-10,19H,11-13H2,1-3H3. The molecule has 1 aromatic carbocycles. The van der Waals surface area contributed by atoms with Crippen molar-refractivity contribution in [2.75, 3.05) is 24.5 Å². The molecule has 3 heteroatoms. The molecule has 21 heavy (non-hydrogen) atoms. The fraction of sp³-hybridized carbons (Fsp3) is 0.389. The number of nitrogens with zero attached hydrogens (tertiary/aromatic N) is 2. The van der Waals surface area contributed by atoms with Crippen LogP contribution in [0, 0.1) is 13.8 Å². The molecule has 1 saturated heterocycles. The third-order valence-corrected chi connectivity index (χ3v) is 4.35. The number of piperazine rings is 1. The van der Waals surface area contributed by atoms with Gasteiger partial charge in [-0.1, -0.05) is 30.3 Å². The van der Waals surface area contributed by atoms with Crippen molar-refractivity contribution in [1.82, 2.24) is 10.3 Å². The molecule has 0 radical (unpaired) electrons. The molecule has 110 valence electrons. The zero-order chi connectivity index (χ0) is 14.9. The van der Waals surface area contributed by atoms with E-state index in [1.165, 1.54) is 11.3 Å². The van der Waals surface area contributed by atoms with Crippen LogP contribution < -0.4 is 10.2 Å². The Morgan fingerprint density at radius 2 is 1.86 bits per heavy atom. The van der Waals surface area contributed by atoms with E-state index in [0.29, 0.717) is 0 Å². The van der Waals surface area contributed by atoms with Gasteiger partial charge in [-0.2, -0.15) is 0 Å². The first-order valence-electron chi connectivity index (χ1n) is 7.58. The Morgan fingerprint density at radius 1 is 1.10 bits per heavy atom. The second-order valence-corrected chi connectivity index (χ2v) is 6.10. The fourth-order valence-electron chi connectivity index (χ4n) is 3.20. The molecular weight excluding hydrogens is 258 g/mol. The van der Waals surface area contributed by atoms with Gasteiger partial charge in [-0.25, -0.2) is 0 Å². The maximum Gasteiger partial charge on any atom is 0.0609 e. The summed E-state index contributed by atoms with van der Waals surface area (Å²) in [6.45, 7) is 9.40. The maximum atomic E-state index is 4.61. The zero-order valence-corrected chi connectivity index (χ0v) is 13.1. The Morgan fingerprint density at radius 3 is 2.57 bits per heavy atom. The van der Waals surface area contributed by atoms with E-state index in [1.54, 1.807) is 0 Å². The van der Waals surface area contributed by atoms with Gasteiger partial charge >= 0.3 is 0 Å². The largest absolute Gasteiger partial charge is 0.367 e. The highest BCUT2D eigenvalue weighted by Gasteiger charge is 2.32. The predicted molar refractivity (Wildman–Crippen MR) is 87.7 cm³/mol. The summed E-state index contributed by atoms with van der Waals surface area (Å²) in [7, 11) is 0. The lowest BCUT2D eigenvalue weighted by atomic mass is 9.89. The summed E-state index contributed by atoms with van der Waals surface area (Å²) in [5.41, 5.74) is 4.78. The molecule has 3 rings (SSSR count). The first-order valence-corrected chi connectivity index (χ1v) is 7.58. The molecule has 1 N–H and O–H groups in total. The number of rotatable bonds is 2. The number of aromatic nitrogens is 1. The molecular formula is C18H23N3. The van der Waals surface area contributed by atoms with Gasteiger partial charge in [-0.05, 0) is 38.5 Å². The number of hydrogen-bond donors (Lipinski definition) is 1. The summed E-state index contributed by atoms with van der Waals surface area (Å²) in [5, 5.41) is 3.68. The highest BCUT2D eigenvalue weighted by atomic mass is 15.2. The maximum absolute atomic E-state index is 4.61. The number of nitrogens with one attached hydrogen (secondary N) is 1. The topological polar surface area (TPSA) is 28.2 Å². The number of benzene rings is 1. The van der Waals surface area contributed by atoms with E-state index in [1.807, 2.05) is 6.92 Å². The average Bonchev–Trinajstić information content (AvgIpc) is 2.48. The Labute approximate surface area is 127 Å². The minimum absolute atomic E-state index is 0.0170. The van der Waals surface area contributed by atoms with Gasteiger partial charge in [-0.3, -0.25) is 4.98 Å². The van der Waals surface area contributed by atoms with Crippen LogP contribution in [0.3, 0.4) is 0 Å². The lowest BCUT2D eigenvalue weighted by molar-refractivity contribution is 0.331. The van der Waals surface area contributed by atoms with Crippen LogP contribution in [0.25, 0.3) is 0 Å². The van der Waals surface area contributed by atoms with Crippen LogP contribution in [0.5, 0.6) is 0 Å². The van der Waals surface area contributed by atoms with Crippen LogP contribution in [-0.2, 0) is 5.54 Å². The molecule has 0 saturated carbocycles. The van der Waals surface area contributed by atoms with Crippen LogP contribution >= 0.6 is 0 Å². The summed E-state index contributed by atoms with van der Waals surface area (Å²) in [6, 6.07) is 15.0. The quantitative estimate of drug-likeness (QED) is 0.917. The van der Waals surface area contributed by atoms with Gasteiger partial charge in [0.1, 0.15) is 0 Å². The van der Waals surface area contributed by atoms with Crippen LogP contribution in [0.4, 0.5) is 5.69 Å². The molecule has 1 atom stereocenters. The Hall–Kier alpha value is -1.87. The molecule has 0 amide bonds. The first kappa shape index (κ1) is 14.1. The van der Waals surface area contributed by atoms with Crippen molar-refractivity contribution in [2.45, 2.75) is 26.3 Å². The number of hydrogen-bond acceptors (Lipinski definition) is 3. The SMILES string of the molecule is Cc1ccc(N2CCNC(C)(c3ccccc3)C2)c(C)n1. The highest BCUT2D eigenvalue weighted by molar-refractivity contribution is 5.52. The summed E-state index contributed by atoms with van der Waals surface area (Å²) >= 11 is 0. The molecule has 1 unspecified atom stereocenters. The van der Waals surface area contributed by atoms with Crippen molar-refractivity contribution in [3.8, 4) is 0 Å². The molecule has 2 aromatic rings. The number of anilines is 1. The summed E-state index contributed by atoms with van der Waals surface area (Å²) in [4.78, 5) is 7.06. The van der Waals surface area contributed by atoms with Crippen molar-refractivity contribution in [2.24, 2.45) is 0 Å². The van der Waals surface area contributed by atoms with E-state index < -0.39 is 0 Å². The Bertz CT molecular complexity index is 624. The van der Waals surface area contributed by atoms with Crippen molar-refractivity contribution in [1.29, 1.82) is 0 Å².